The van der Waals surface area contributed by atoms with Crippen molar-refractivity contribution in [3.63, 3.8) is 0 Å². The molecule has 0 aromatic carbocycles. The topological polar surface area (TPSA) is 59.1 Å². The number of rotatable bonds is 5. The highest BCUT2D eigenvalue weighted by molar-refractivity contribution is 5.69. The lowest BCUT2D eigenvalue weighted by atomic mass is 9.46. The van der Waals surface area contributed by atoms with Gasteiger partial charge in [-0.2, -0.15) is 0 Å². The second-order valence-corrected chi connectivity index (χ2v) is 11.5. The van der Waals surface area contributed by atoms with Gasteiger partial charge in [-0.25, -0.2) is 0 Å². The van der Waals surface area contributed by atoms with Crippen LogP contribution in [0.1, 0.15) is 79.1 Å². The van der Waals surface area contributed by atoms with Crippen LogP contribution in [0.2, 0.25) is 0 Å². The number of esters is 1. The van der Waals surface area contributed by atoms with Gasteiger partial charge in [-0.05, 0) is 97.9 Å². The SMILES string of the molecule is CCOC(=O)CC[C@@H](C)[C@H]1CCC2C3C(CC[C@@]21C)[C@@]1(C)CCC(O)C=C1[C@H]1O[C@@H]31. The van der Waals surface area contributed by atoms with Crippen LogP contribution in [0.4, 0.5) is 0 Å². The largest absolute Gasteiger partial charge is 0.466 e. The summed E-state index contributed by atoms with van der Waals surface area (Å²) in [4.78, 5) is 11.9. The molecule has 4 fully saturated rings. The molecule has 1 aliphatic heterocycles. The fourth-order valence-corrected chi connectivity index (χ4v) is 8.71. The molecule has 5 rings (SSSR count). The minimum absolute atomic E-state index is 0.0408. The predicted molar refractivity (Wildman–Crippen MR) is 116 cm³/mol. The minimum Gasteiger partial charge on any atom is -0.466 e. The van der Waals surface area contributed by atoms with E-state index in [1.54, 1.807) is 0 Å². The summed E-state index contributed by atoms with van der Waals surface area (Å²) in [6, 6.07) is 0. The second-order valence-electron chi connectivity index (χ2n) is 11.5. The van der Waals surface area contributed by atoms with Crippen LogP contribution < -0.4 is 0 Å². The molecule has 4 nitrogen and oxygen atoms in total. The molecule has 0 aromatic rings. The first-order valence-electron chi connectivity index (χ1n) is 12.5. The molecule has 0 radical (unpaired) electrons. The zero-order valence-corrected chi connectivity index (χ0v) is 19.2. The molecule has 1 N–H and O–H groups in total. The summed E-state index contributed by atoms with van der Waals surface area (Å²) in [6.07, 6.45) is 11.2. The number of hydrogen-bond donors (Lipinski definition) is 1. The Kier molecular flexibility index (Phi) is 5.13. The quantitative estimate of drug-likeness (QED) is 0.394. The van der Waals surface area contributed by atoms with Crippen LogP contribution in [0, 0.1) is 40.4 Å². The monoisotopic (exact) mass is 416 g/mol. The fourth-order valence-electron chi connectivity index (χ4n) is 8.71. The van der Waals surface area contributed by atoms with Crippen LogP contribution in [0.25, 0.3) is 0 Å². The molecule has 1 heterocycles. The van der Waals surface area contributed by atoms with Gasteiger partial charge in [-0.15, -0.1) is 0 Å². The Morgan fingerprint density at radius 3 is 2.80 bits per heavy atom. The van der Waals surface area contributed by atoms with Crippen molar-refractivity contribution in [3.8, 4) is 0 Å². The minimum atomic E-state index is -0.278. The maximum atomic E-state index is 11.9. The van der Waals surface area contributed by atoms with Gasteiger partial charge in [0.05, 0.1) is 18.8 Å². The Bertz CT molecular complexity index is 731. The summed E-state index contributed by atoms with van der Waals surface area (Å²) in [5.74, 6) is 3.34. The van der Waals surface area contributed by atoms with Crippen LogP contribution in [0.3, 0.4) is 0 Å². The summed E-state index contributed by atoms with van der Waals surface area (Å²) in [5, 5.41) is 10.2. The molecule has 30 heavy (non-hydrogen) atoms. The molecule has 4 heteroatoms. The van der Waals surface area contributed by atoms with Gasteiger partial charge < -0.3 is 14.6 Å². The smallest absolute Gasteiger partial charge is 0.305 e. The highest BCUT2D eigenvalue weighted by Crippen LogP contribution is 2.71. The van der Waals surface area contributed by atoms with Crippen molar-refractivity contribution in [2.75, 3.05) is 6.61 Å². The van der Waals surface area contributed by atoms with Crippen molar-refractivity contribution in [2.24, 2.45) is 40.4 Å². The van der Waals surface area contributed by atoms with Gasteiger partial charge in [0.2, 0.25) is 0 Å². The molecule has 0 spiro atoms. The lowest BCUT2D eigenvalue weighted by Gasteiger charge is -2.57. The van der Waals surface area contributed by atoms with E-state index in [4.69, 9.17) is 9.47 Å². The zero-order valence-electron chi connectivity index (χ0n) is 19.2. The van der Waals surface area contributed by atoms with Crippen molar-refractivity contribution < 1.29 is 19.4 Å². The Hall–Kier alpha value is -0.870. The number of carbonyl (C=O) groups is 1. The van der Waals surface area contributed by atoms with E-state index in [2.05, 4.69) is 26.8 Å². The second kappa shape index (κ2) is 7.33. The zero-order chi connectivity index (χ0) is 21.3. The normalized spacial score (nSPS) is 49.8. The van der Waals surface area contributed by atoms with Gasteiger partial charge in [0.15, 0.2) is 0 Å². The first kappa shape index (κ1) is 21.0. The Labute approximate surface area is 181 Å². The highest BCUT2D eigenvalue weighted by Gasteiger charge is 2.69. The van der Waals surface area contributed by atoms with Crippen molar-refractivity contribution in [1.82, 2.24) is 0 Å². The van der Waals surface area contributed by atoms with E-state index in [-0.39, 0.29) is 23.6 Å². The standard InChI is InChI=1S/C26H40O4/c1-5-29-21(28)9-6-15(2)17-7-8-18-22-19(11-13-25(17,18)3)26(4)12-10-16(27)14-20(26)23-24(22)30-23/h14-19,22-24,27H,5-13H2,1-4H3/t15-,16?,17-,18?,19?,22?,23-,24+,25-,26-/m1/s1. The third kappa shape index (κ3) is 3.03. The molecule has 0 aromatic heterocycles. The van der Waals surface area contributed by atoms with Crippen molar-refractivity contribution in [1.29, 1.82) is 0 Å². The summed E-state index contributed by atoms with van der Waals surface area (Å²) < 4.78 is 11.5. The van der Waals surface area contributed by atoms with Crippen LogP contribution in [-0.4, -0.2) is 36.0 Å². The van der Waals surface area contributed by atoms with E-state index in [0.29, 0.717) is 48.2 Å². The number of carbonyl (C=O) groups excluding carboxylic acids is 1. The van der Waals surface area contributed by atoms with Crippen LogP contribution in [0.15, 0.2) is 11.6 Å². The van der Waals surface area contributed by atoms with Crippen LogP contribution in [-0.2, 0) is 14.3 Å². The number of hydrogen-bond acceptors (Lipinski definition) is 4. The number of epoxide rings is 1. The lowest BCUT2D eigenvalue weighted by molar-refractivity contribution is -0.143. The summed E-state index contributed by atoms with van der Waals surface area (Å²) in [6.45, 7) is 9.76. The van der Waals surface area contributed by atoms with Gasteiger partial charge >= 0.3 is 5.97 Å². The van der Waals surface area contributed by atoms with Gasteiger partial charge in [-0.1, -0.05) is 26.8 Å². The first-order chi connectivity index (χ1) is 14.3. The molecule has 168 valence electrons. The summed E-state index contributed by atoms with van der Waals surface area (Å²) in [5.41, 5.74) is 2.02. The van der Waals surface area contributed by atoms with E-state index in [1.165, 1.54) is 31.3 Å². The molecule has 10 atom stereocenters. The third-order valence-electron chi connectivity index (χ3n) is 10.2. The molecule has 0 amide bonds. The average Bonchev–Trinajstić information content (AvgIpc) is 3.42. The van der Waals surface area contributed by atoms with Gasteiger partial charge in [-0.3, -0.25) is 4.79 Å². The number of aliphatic hydroxyl groups is 1. The number of fused-ring (bicyclic) bond motifs is 8. The Morgan fingerprint density at radius 1 is 1.23 bits per heavy atom. The van der Waals surface area contributed by atoms with Crippen molar-refractivity contribution in [2.45, 2.75) is 97.4 Å². The lowest BCUT2D eigenvalue weighted by Crippen LogP contribution is -2.54. The summed E-state index contributed by atoms with van der Waals surface area (Å²) >= 11 is 0. The third-order valence-corrected chi connectivity index (χ3v) is 10.2. The van der Waals surface area contributed by atoms with Gasteiger partial charge in [0.25, 0.3) is 0 Å². The molecule has 3 saturated carbocycles. The van der Waals surface area contributed by atoms with E-state index in [9.17, 15) is 9.90 Å². The van der Waals surface area contributed by atoms with Crippen molar-refractivity contribution in [3.05, 3.63) is 11.6 Å². The fraction of sp³-hybridized carbons (Fsp3) is 0.885. The molecule has 4 aliphatic carbocycles. The van der Waals surface area contributed by atoms with Crippen LogP contribution in [0.5, 0.6) is 0 Å². The number of aliphatic hydroxyl groups excluding tert-OH is 1. The van der Waals surface area contributed by atoms with E-state index in [1.807, 2.05) is 6.92 Å². The molecular weight excluding hydrogens is 376 g/mol. The van der Waals surface area contributed by atoms with Gasteiger partial charge in [0.1, 0.15) is 6.10 Å². The predicted octanol–water partition coefficient (Wildman–Crippen LogP) is 4.89. The maximum absolute atomic E-state index is 11.9. The van der Waals surface area contributed by atoms with Gasteiger partial charge in [0, 0.05) is 6.42 Å². The molecule has 5 aliphatic rings. The molecule has 1 saturated heterocycles. The summed E-state index contributed by atoms with van der Waals surface area (Å²) in [7, 11) is 0. The average molecular weight is 417 g/mol. The molecular formula is C26H40O4. The first-order valence-corrected chi connectivity index (χ1v) is 12.5. The number of ether oxygens (including phenoxy) is 2. The van der Waals surface area contributed by atoms with Crippen molar-refractivity contribution >= 4 is 5.97 Å². The van der Waals surface area contributed by atoms with Crippen LogP contribution >= 0.6 is 0 Å². The molecule has 4 unspecified atom stereocenters. The maximum Gasteiger partial charge on any atom is 0.305 e. The van der Waals surface area contributed by atoms with E-state index < -0.39 is 0 Å². The highest BCUT2D eigenvalue weighted by atomic mass is 16.6. The van der Waals surface area contributed by atoms with E-state index in [0.717, 1.165) is 25.2 Å². The Morgan fingerprint density at radius 2 is 2.03 bits per heavy atom. The Balaban J connectivity index is 1.34. The molecule has 0 bridgehead atoms. The van der Waals surface area contributed by atoms with E-state index >= 15 is 0 Å².